The van der Waals surface area contributed by atoms with Gasteiger partial charge in [-0.25, -0.2) is 4.39 Å². The standard InChI is InChI=1S/C31H61FO5/c1-6-11-16-17-18-19-20-26-28(32)30(35-23-14-9-4)31(36-24-15-10-5)29(34-22-13-8-3)27(37-26)25-33-21-12-7-2/h26-31H,6-25H2,1-5H3/t26-,27+,28+,29+,30-,31-/m0/s1. The van der Waals surface area contributed by atoms with E-state index in [2.05, 4.69) is 34.6 Å². The summed E-state index contributed by atoms with van der Waals surface area (Å²) in [6.07, 6.45) is 11.8. The topological polar surface area (TPSA) is 46.2 Å². The molecule has 37 heavy (non-hydrogen) atoms. The van der Waals surface area contributed by atoms with E-state index >= 15 is 4.39 Å². The highest BCUT2D eigenvalue weighted by Gasteiger charge is 2.49. The summed E-state index contributed by atoms with van der Waals surface area (Å²) in [6, 6.07) is 0. The molecule has 1 aliphatic rings. The van der Waals surface area contributed by atoms with Gasteiger partial charge in [0.25, 0.3) is 0 Å². The van der Waals surface area contributed by atoms with Gasteiger partial charge in [0.1, 0.15) is 24.4 Å². The highest BCUT2D eigenvalue weighted by atomic mass is 19.1. The molecule has 1 saturated heterocycles. The molecule has 0 radical (unpaired) electrons. The molecule has 0 unspecified atom stereocenters. The van der Waals surface area contributed by atoms with Crippen molar-refractivity contribution in [1.82, 2.24) is 0 Å². The molecule has 1 aliphatic heterocycles. The third-order valence-electron chi connectivity index (χ3n) is 7.22. The van der Waals surface area contributed by atoms with E-state index in [0.29, 0.717) is 39.5 Å². The van der Waals surface area contributed by atoms with Crippen molar-refractivity contribution in [1.29, 1.82) is 0 Å². The molecule has 0 saturated carbocycles. The second-order valence-corrected chi connectivity index (χ2v) is 10.7. The molecule has 5 nitrogen and oxygen atoms in total. The normalized spacial score (nSPS) is 26.4. The Bertz CT molecular complexity index is 494. The molecule has 222 valence electrons. The quantitative estimate of drug-likeness (QED) is 0.117. The van der Waals surface area contributed by atoms with Gasteiger partial charge in [-0.15, -0.1) is 0 Å². The van der Waals surface area contributed by atoms with Crippen LogP contribution in [-0.2, 0) is 23.7 Å². The van der Waals surface area contributed by atoms with Gasteiger partial charge in [-0.05, 0) is 32.1 Å². The van der Waals surface area contributed by atoms with E-state index in [9.17, 15) is 0 Å². The summed E-state index contributed by atoms with van der Waals surface area (Å²) in [4.78, 5) is 0. The molecular formula is C31H61FO5. The number of halogens is 1. The van der Waals surface area contributed by atoms with Crippen LogP contribution in [0.4, 0.5) is 4.39 Å². The molecule has 1 rings (SSSR count). The minimum absolute atomic E-state index is 0.372. The first kappa shape index (κ1) is 34.8. The predicted octanol–water partition coefficient (Wildman–Crippen LogP) is 8.22. The third kappa shape index (κ3) is 14.6. The zero-order valence-electron chi connectivity index (χ0n) is 25.0. The maximum absolute atomic E-state index is 16.3. The lowest BCUT2D eigenvalue weighted by molar-refractivity contribution is -0.173. The van der Waals surface area contributed by atoms with Crippen molar-refractivity contribution in [2.75, 3.05) is 33.0 Å². The van der Waals surface area contributed by atoms with Crippen LogP contribution >= 0.6 is 0 Å². The van der Waals surface area contributed by atoms with Crippen molar-refractivity contribution < 1.29 is 28.1 Å². The first-order valence-electron chi connectivity index (χ1n) is 15.9. The Morgan fingerprint density at radius 2 is 1.00 bits per heavy atom. The summed E-state index contributed by atoms with van der Waals surface area (Å²) in [5, 5.41) is 0. The second kappa shape index (κ2) is 23.6. The molecule has 6 atom stereocenters. The third-order valence-corrected chi connectivity index (χ3v) is 7.22. The molecule has 0 aromatic heterocycles. The van der Waals surface area contributed by atoms with Crippen molar-refractivity contribution in [2.45, 2.75) is 168 Å². The molecule has 0 spiro atoms. The van der Waals surface area contributed by atoms with Crippen molar-refractivity contribution in [3.05, 3.63) is 0 Å². The molecule has 0 amide bonds. The van der Waals surface area contributed by atoms with Gasteiger partial charge >= 0.3 is 0 Å². The molecule has 0 aliphatic carbocycles. The monoisotopic (exact) mass is 532 g/mol. The zero-order chi connectivity index (χ0) is 27.1. The minimum atomic E-state index is -1.25. The molecule has 1 fully saturated rings. The van der Waals surface area contributed by atoms with E-state index in [1.54, 1.807) is 0 Å². The van der Waals surface area contributed by atoms with Crippen molar-refractivity contribution in [3.8, 4) is 0 Å². The van der Waals surface area contributed by atoms with Gasteiger partial charge in [0.15, 0.2) is 6.17 Å². The van der Waals surface area contributed by atoms with E-state index in [4.69, 9.17) is 23.7 Å². The first-order valence-corrected chi connectivity index (χ1v) is 15.9. The van der Waals surface area contributed by atoms with Crippen LogP contribution in [0.5, 0.6) is 0 Å². The number of rotatable bonds is 24. The highest BCUT2D eigenvalue weighted by molar-refractivity contribution is 4.96. The Hall–Kier alpha value is -0.270. The molecule has 1 heterocycles. The number of hydrogen-bond donors (Lipinski definition) is 0. The summed E-state index contributed by atoms with van der Waals surface area (Å²) >= 11 is 0. The van der Waals surface area contributed by atoms with Crippen LogP contribution in [0.15, 0.2) is 0 Å². The second-order valence-electron chi connectivity index (χ2n) is 10.7. The average Bonchev–Trinajstić information content (AvgIpc) is 3.00. The van der Waals surface area contributed by atoms with Gasteiger partial charge in [0, 0.05) is 26.4 Å². The Labute approximate surface area is 228 Å². The smallest absolute Gasteiger partial charge is 0.155 e. The fourth-order valence-corrected chi connectivity index (χ4v) is 4.77. The Kier molecular flexibility index (Phi) is 22.2. The molecular weight excluding hydrogens is 471 g/mol. The van der Waals surface area contributed by atoms with Crippen LogP contribution < -0.4 is 0 Å². The Morgan fingerprint density at radius 3 is 1.59 bits per heavy atom. The van der Waals surface area contributed by atoms with Crippen molar-refractivity contribution in [3.63, 3.8) is 0 Å². The summed E-state index contributed by atoms with van der Waals surface area (Å²) in [6.45, 7) is 13.6. The van der Waals surface area contributed by atoms with Crippen LogP contribution in [0.1, 0.15) is 131 Å². The van der Waals surface area contributed by atoms with Crippen LogP contribution in [0.2, 0.25) is 0 Å². The van der Waals surface area contributed by atoms with Crippen molar-refractivity contribution >= 4 is 0 Å². The maximum atomic E-state index is 16.3. The van der Waals surface area contributed by atoms with Gasteiger partial charge in [0.05, 0.1) is 12.7 Å². The van der Waals surface area contributed by atoms with E-state index in [1.165, 1.54) is 25.7 Å². The lowest BCUT2D eigenvalue weighted by Gasteiger charge is -2.34. The number of ether oxygens (including phenoxy) is 5. The van der Waals surface area contributed by atoms with Crippen LogP contribution in [0.25, 0.3) is 0 Å². The van der Waals surface area contributed by atoms with Crippen LogP contribution in [0, 0.1) is 0 Å². The van der Waals surface area contributed by atoms with Gasteiger partial charge in [0.2, 0.25) is 0 Å². The summed E-state index contributed by atoms with van der Waals surface area (Å²) in [5.74, 6) is 0. The van der Waals surface area contributed by atoms with E-state index < -0.39 is 30.6 Å². The van der Waals surface area contributed by atoms with Gasteiger partial charge in [-0.1, -0.05) is 98.8 Å². The average molecular weight is 533 g/mol. The summed E-state index contributed by atoms with van der Waals surface area (Å²) in [5.41, 5.74) is 0. The van der Waals surface area contributed by atoms with E-state index in [1.807, 2.05) is 0 Å². The molecule has 6 heteroatoms. The summed E-state index contributed by atoms with van der Waals surface area (Å²) in [7, 11) is 0. The lowest BCUT2D eigenvalue weighted by Crippen LogP contribution is -2.51. The largest absolute Gasteiger partial charge is 0.379 e. The fraction of sp³-hybridized carbons (Fsp3) is 1.00. The predicted molar refractivity (Wildman–Crippen MR) is 151 cm³/mol. The van der Waals surface area contributed by atoms with Gasteiger partial charge in [-0.3, -0.25) is 0 Å². The minimum Gasteiger partial charge on any atom is -0.379 e. The number of unbranched alkanes of at least 4 members (excludes halogenated alkanes) is 9. The summed E-state index contributed by atoms with van der Waals surface area (Å²) < 4.78 is 48.1. The maximum Gasteiger partial charge on any atom is 0.155 e. The van der Waals surface area contributed by atoms with Crippen molar-refractivity contribution in [2.24, 2.45) is 0 Å². The Morgan fingerprint density at radius 1 is 0.514 bits per heavy atom. The molecule has 0 aromatic rings. The fourth-order valence-electron chi connectivity index (χ4n) is 4.77. The number of hydrogen-bond acceptors (Lipinski definition) is 5. The highest BCUT2D eigenvalue weighted by Crippen LogP contribution is 2.32. The number of alkyl halides is 1. The first-order chi connectivity index (χ1) is 18.1. The van der Waals surface area contributed by atoms with E-state index in [0.717, 1.165) is 64.2 Å². The molecule has 0 N–H and O–H groups in total. The molecule has 0 aromatic carbocycles. The van der Waals surface area contributed by atoms with Crippen LogP contribution in [-0.4, -0.2) is 69.7 Å². The van der Waals surface area contributed by atoms with Gasteiger partial charge in [-0.2, -0.15) is 0 Å². The lowest BCUT2D eigenvalue weighted by atomic mass is 9.96. The zero-order valence-corrected chi connectivity index (χ0v) is 25.0. The van der Waals surface area contributed by atoms with Gasteiger partial charge < -0.3 is 23.7 Å². The molecule has 0 bridgehead atoms. The van der Waals surface area contributed by atoms with Crippen LogP contribution in [0.3, 0.4) is 0 Å². The Balaban J connectivity index is 3.14. The SMILES string of the molecule is CCCCCCCC[C@@H]1O[C@H](COCCCC)[C@@H](OCCCC)[C@H](OCCCC)[C@@H](OCCCC)[C@@H]1F. The van der Waals surface area contributed by atoms with E-state index in [-0.39, 0.29) is 6.10 Å².